The average Bonchev–Trinajstić information content (AvgIpc) is 2.87. The lowest BCUT2D eigenvalue weighted by atomic mass is 9.95. The van der Waals surface area contributed by atoms with Crippen molar-refractivity contribution in [1.29, 1.82) is 0 Å². The molecule has 2 heterocycles. The van der Waals surface area contributed by atoms with Crippen molar-refractivity contribution >= 4 is 5.69 Å². The number of piperazine rings is 1. The SMILES string of the molecule is CCn1c(C)cc(O)c([C@H](c2ccc(OC)c(OC)c2)N2CCN(c3ccccc3F)CC2)c1=O. The van der Waals surface area contributed by atoms with Gasteiger partial charge in [-0.2, -0.15) is 0 Å². The largest absolute Gasteiger partial charge is 0.507 e. The molecule has 8 heteroatoms. The van der Waals surface area contributed by atoms with E-state index in [4.69, 9.17) is 9.47 Å². The van der Waals surface area contributed by atoms with E-state index >= 15 is 0 Å². The Kier molecular flexibility index (Phi) is 7.31. The minimum Gasteiger partial charge on any atom is -0.507 e. The first-order chi connectivity index (χ1) is 16.9. The Bertz CT molecular complexity index is 1250. The van der Waals surface area contributed by atoms with Gasteiger partial charge in [-0.05, 0) is 49.7 Å². The normalized spacial score (nSPS) is 15.2. The van der Waals surface area contributed by atoms with Crippen LogP contribution in [-0.2, 0) is 6.54 Å². The molecule has 7 nitrogen and oxygen atoms in total. The van der Waals surface area contributed by atoms with Gasteiger partial charge in [-0.1, -0.05) is 18.2 Å². The summed E-state index contributed by atoms with van der Waals surface area (Å²) in [5.41, 5.74) is 2.18. The summed E-state index contributed by atoms with van der Waals surface area (Å²) in [6, 6.07) is 13.4. The molecule has 186 valence electrons. The van der Waals surface area contributed by atoms with Gasteiger partial charge < -0.3 is 24.0 Å². The summed E-state index contributed by atoms with van der Waals surface area (Å²) in [5.74, 6) is 0.841. The minimum atomic E-state index is -0.511. The van der Waals surface area contributed by atoms with Gasteiger partial charge in [0.05, 0.1) is 31.5 Å². The van der Waals surface area contributed by atoms with Crippen LogP contribution >= 0.6 is 0 Å². The highest BCUT2D eigenvalue weighted by molar-refractivity contribution is 5.50. The number of hydrogen-bond acceptors (Lipinski definition) is 6. The molecule has 0 spiro atoms. The number of pyridine rings is 1. The molecule has 1 fully saturated rings. The summed E-state index contributed by atoms with van der Waals surface area (Å²) in [6.07, 6.45) is 0. The highest BCUT2D eigenvalue weighted by Crippen LogP contribution is 2.38. The number of para-hydroxylation sites is 1. The first-order valence-electron chi connectivity index (χ1n) is 11.8. The molecule has 2 aromatic carbocycles. The summed E-state index contributed by atoms with van der Waals surface area (Å²) >= 11 is 0. The van der Waals surface area contributed by atoms with Crippen molar-refractivity contribution in [2.24, 2.45) is 0 Å². The Balaban J connectivity index is 1.77. The maximum Gasteiger partial charge on any atom is 0.259 e. The third-order valence-electron chi connectivity index (χ3n) is 6.71. The summed E-state index contributed by atoms with van der Waals surface area (Å²) in [6.45, 7) is 6.54. The van der Waals surface area contributed by atoms with Gasteiger partial charge in [0.25, 0.3) is 5.56 Å². The summed E-state index contributed by atoms with van der Waals surface area (Å²) < 4.78 is 27.0. The third-order valence-corrected chi connectivity index (χ3v) is 6.71. The topological polar surface area (TPSA) is 67.2 Å². The summed E-state index contributed by atoms with van der Waals surface area (Å²) in [5, 5.41) is 11.0. The predicted octanol–water partition coefficient (Wildman–Crippen LogP) is 3.95. The van der Waals surface area contributed by atoms with E-state index in [-0.39, 0.29) is 17.1 Å². The van der Waals surface area contributed by atoms with Crippen LogP contribution in [0.4, 0.5) is 10.1 Å². The lowest BCUT2D eigenvalue weighted by Crippen LogP contribution is -2.49. The van der Waals surface area contributed by atoms with Crippen molar-refractivity contribution in [3.8, 4) is 17.2 Å². The zero-order chi connectivity index (χ0) is 25.1. The molecule has 1 aliphatic heterocycles. The van der Waals surface area contributed by atoms with Crippen molar-refractivity contribution in [2.45, 2.75) is 26.4 Å². The molecule has 0 unspecified atom stereocenters. The zero-order valence-corrected chi connectivity index (χ0v) is 20.6. The number of aromatic hydroxyl groups is 1. The number of methoxy groups -OCH3 is 2. The molecule has 0 saturated carbocycles. The number of rotatable bonds is 7. The Labute approximate surface area is 204 Å². The smallest absolute Gasteiger partial charge is 0.259 e. The Morgan fingerprint density at radius 1 is 1.00 bits per heavy atom. The molecule has 0 aliphatic carbocycles. The molecule has 1 N–H and O–H groups in total. The maximum atomic E-state index is 14.4. The van der Waals surface area contributed by atoms with Gasteiger partial charge in [0.1, 0.15) is 11.6 Å². The molecule has 1 atom stereocenters. The van der Waals surface area contributed by atoms with Gasteiger partial charge in [-0.25, -0.2) is 4.39 Å². The fraction of sp³-hybridized carbons (Fsp3) is 0.370. The quantitative estimate of drug-likeness (QED) is 0.551. The van der Waals surface area contributed by atoms with Crippen LogP contribution in [0.3, 0.4) is 0 Å². The maximum absolute atomic E-state index is 14.4. The Morgan fingerprint density at radius 2 is 1.69 bits per heavy atom. The number of ether oxygens (including phenoxy) is 2. The fourth-order valence-electron chi connectivity index (χ4n) is 4.93. The van der Waals surface area contributed by atoms with Gasteiger partial charge in [-0.15, -0.1) is 0 Å². The molecule has 1 saturated heterocycles. The lowest BCUT2D eigenvalue weighted by molar-refractivity contribution is 0.206. The van der Waals surface area contributed by atoms with E-state index < -0.39 is 6.04 Å². The second-order valence-corrected chi connectivity index (χ2v) is 8.63. The van der Waals surface area contributed by atoms with Crippen molar-refractivity contribution < 1.29 is 19.0 Å². The second-order valence-electron chi connectivity index (χ2n) is 8.63. The first-order valence-corrected chi connectivity index (χ1v) is 11.8. The van der Waals surface area contributed by atoms with Crippen molar-refractivity contribution in [1.82, 2.24) is 9.47 Å². The molecule has 3 aromatic rings. The second kappa shape index (κ2) is 10.4. The van der Waals surface area contributed by atoms with Gasteiger partial charge in [0.15, 0.2) is 11.5 Å². The monoisotopic (exact) mass is 481 g/mol. The third kappa shape index (κ3) is 4.71. The zero-order valence-electron chi connectivity index (χ0n) is 20.6. The molecule has 0 amide bonds. The fourth-order valence-corrected chi connectivity index (χ4v) is 4.93. The van der Waals surface area contributed by atoms with Crippen molar-refractivity contribution in [2.75, 3.05) is 45.3 Å². The van der Waals surface area contributed by atoms with E-state index in [2.05, 4.69) is 4.90 Å². The first kappa shape index (κ1) is 24.6. The van der Waals surface area contributed by atoms with Crippen LogP contribution in [0, 0.1) is 12.7 Å². The van der Waals surface area contributed by atoms with Gasteiger partial charge in [0.2, 0.25) is 0 Å². The van der Waals surface area contributed by atoms with Crippen LogP contribution in [0.25, 0.3) is 0 Å². The van der Waals surface area contributed by atoms with Crippen LogP contribution in [0.15, 0.2) is 53.3 Å². The van der Waals surface area contributed by atoms with Gasteiger partial charge in [0, 0.05) is 38.4 Å². The lowest BCUT2D eigenvalue weighted by Gasteiger charge is -2.40. The highest BCUT2D eigenvalue weighted by atomic mass is 19.1. The molecular weight excluding hydrogens is 449 g/mol. The van der Waals surface area contributed by atoms with E-state index in [9.17, 15) is 14.3 Å². The number of anilines is 1. The number of aromatic nitrogens is 1. The number of halogens is 1. The standard InChI is InChI=1S/C27H32FN3O4/c1-5-31-18(2)16-22(32)25(27(31)33)26(19-10-11-23(34-3)24(17-19)35-4)30-14-12-29(13-15-30)21-9-7-6-8-20(21)28/h6-11,16-17,26,32H,5,12-15H2,1-4H3/t26-/m0/s1. The predicted molar refractivity (Wildman–Crippen MR) is 134 cm³/mol. The Morgan fingerprint density at radius 3 is 2.31 bits per heavy atom. The van der Waals surface area contributed by atoms with Crippen molar-refractivity contribution in [3.63, 3.8) is 0 Å². The van der Waals surface area contributed by atoms with Gasteiger partial charge in [-0.3, -0.25) is 9.69 Å². The molecule has 0 bridgehead atoms. The van der Waals surface area contributed by atoms with E-state index in [0.29, 0.717) is 61.2 Å². The molecule has 1 aliphatic rings. The van der Waals surface area contributed by atoms with Crippen LogP contribution in [-0.4, -0.2) is 55.0 Å². The van der Waals surface area contributed by atoms with Crippen molar-refractivity contribution in [3.05, 3.63) is 81.5 Å². The van der Waals surface area contributed by atoms with Crippen LogP contribution in [0.5, 0.6) is 17.2 Å². The van der Waals surface area contributed by atoms with Crippen LogP contribution in [0.1, 0.15) is 29.8 Å². The van der Waals surface area contributed by atoms with E-state index in [0.717, 1.165) is 5.56 Å². The highest BCUT2D eigenvalue weighted by Gasteiger charge is 2.32. The molecular formula is C27H32FN3O4. The molecule has 0 radical (unpaired) electrons. The molecule has 4 rings (SSSR count). The number of hydrogen-bond donors (Lipinski definition) is 1. The van der Waals surface area contributed by atoms with E-state index in [1.807, 2.05) is 36.9 Å². The summed E-state index contributed by atoms with van der Waals surface area (Å²) in [4.78, 5) is 17.7. The average molecular weight is 482 g/mol. The van der Waals surface area contributed by atoms with E-state index in [1.165, 1.54) is 6.07 Å². The van der Waals surface area contributed by atoms with Crippen LogP contribution in [0.2, 0.25) is 0 Å². The number of nitrogens with zero attached hydrogens (tertiary/aromatic N) is 3. The van der Waals surface area contributed by atoms with Gasteiger partial charge >= 0.3 is 0 Å². The number of benzene rings is 2. The summed E-state index contributed by atoms with van der Waals surface area (Å²) in [7, 11) is 3.14. The Hall–Kier alpha value is -3.52. The van der Waals surface area contributed by atoms with E-state index in [1.54, 1.807) is 43.1 Å². The molecule has 1 aromatic heterocycles. The van der Waals surface area contributed by atoms with Crippen LogP contribution < -0.4 is 19.9 Å². The minimum absolute atomic E-state index is 0.0338. The number of aryl methyl sites for hydroxylation is 1. The molecule has 35 heavy (non-hydrogen) atoms.